The second-order valence-corrected chi connectivity index (χ2v) is 10.8. The van der Waals surface area contributed by atoms with E-state index in [1.165, 1.54) is 11.6 Å². The first-order valence-corrected chi connectivity index (χ1v) is 12.7. The molecule has 174 valence electrons. The summed E-state index contributed by atoms with van der Waals surface area (Å²) >= 11 is 3.33. The van der Waals surface area contributed by atoms with Crippen LogP contribution in [-0.4, -0.2) is 54.7 Å². The molecule has 0 aliphatic carbocycles. The number of hydrogen-bond donors (Lipinski definition) is 0. The van der Waals surface area contributed by atoms with E-state index in [2.05, 4.69) is 11.0 Å². The fraction of sp³-hybridized carbons (Fsp3) is 0.455. The first-order chi connectivity index (χ1) is 15.8. The van der Waals surface area contributed by atoms with Gasteiger partial charge in [-0.25, -0.2) is 9.78 Å². The molecular formula is C22H26N6O3S2. The van der Waals surface area contributed by atoms with Crippen molar-refractivity contribution >= 4 is 50.4 Å². The molecule has 1 fully saturated rings. The molecule has 33 heavy (non-hydrogen) atoms. The summed E-state index contributed by atoms with van der Waals surface area (Å²) in [4.78, 5) is 37.3. The largest absolute Gasteiger partial charge is 0.372 e. The monoisotopic (exact) mass is 486 g/mol. The quantitative estimate of drug-likeness (QED) is 0.401. The number of rotatable bonds is 5. The van der Waals surface area contributed by atoms with E-state index < -0.39 is 0 Å². The highest BCUT2D eigenvalue weighted by atomic mass is 32.2. The van der Waals surface area contributed by atoms with Crippen molar-refractivity contribution < 1.29 is 4.74 Å². The van der Waals surface area contributed by atoms with Crippen molar-refractivity contribution in [2.24, 2.45) is 14.1 Å². The Morgan fingerprint density at radius 3 is 2.55 bits per heavy atom. The van der Waals surface area contributed by atoms with E-state index in [1.54, 1.807) is 30.1 Å². The van der Waals surface area contributed by atoms with Gasteiger partial charge in [0.2, 0.25) is 5.95 Å². The number of benzene rings is 1. The van der Waals surface area contributed by atoms with Gasteiger partial charge in [0.25, 0.3) is 5.56 Å². The second-order valence-electron chi connectivity index (χ2n) is 8.40. The van der Waals surface area contributed by atoms with Gasteiger partial charge in [-0.05, 0) is 26.0 Å². The van der Waals surface area contributed by atoms with Crippen molar-refractivity contribution in [3.8, 4) is 0 Å². The first-order valence-electron chi connectivity index (χ1n) is 10.9. The first kappa shape index (κ1) is 22.2. The molecule has 2 atom stereocenters. The zero-order chi connectivity index (χ0) is 23.3. The SMILES string of the molecule is C[C@@H]1CN(c2nc3c(c(=O)n(C)c(=O)n3C)n2CCSc2nc3ccccc3s2)C[C@@H](C)O1. The highest BCUT2D eigenvalue weighted by Gasteiger charge is 2.28. The van der Waals surface area contributed by atoms with Crippen LogP contribution >= 0.6 is 23.1 Å². The van der Waals surface area contributed by atoms with Gasteiger partial charge in [0.05, 0.1) is 22.4 Å². The molecule has 1 aliphatic rings. The van der Waals surface area contributed by atoms with E-state index in [1.807, 2.05) is 36.6 Å². The minimum atomic E-state index is -0.378. The van der Waals surface area contributed by atoms with Crippen LogP contribution in [0.1, 0.15) is 13.8 Å². The van der Waals surface area contributed by atoms with Crippen LogP contribution in [0.15, 0.2) is 38.2 Å². The Morgan fingerprint density at radius 1 is 1.09 bits per heavy atom. The molecule has 0 unspecified atom stereocenters. The topological polar surface area (TPSA) is 87.2 Å². The molecule has 0 spiro atoms. The van der Waals surface area contributed by atoms with Crippen molar-refractivity contribution in [2.75, 3.05) is 23.7 Å². The smallest absolute Gasteiger partial charge is 0.332 e. The Labute approximate surface area is 198 Å². The summed E-state index contributed by atoms with van der Waals surface area (Å²) in [5.41, 5.74) is 1.16. The van der Waals surface area contributed by atoms with Gasteiger partial charge < -0.3 is 14.2 Å². The van der Waals surface area contributed by atoms with Gasteiger partial charge in [0, 0.05) is 39.5 Å². The van der Waals surface area contributed by atoms with E-state index in [-0.39, 0.29) is 23.5 Å². The molecule has 11 heteroatoms. The summed E-state index contributed by atoms with van der Waals surface area (Å²) in [5.74, 6) is 1.43. The second kappa shape index (κ2) is 8.62. The number of aromatic nitrogens is 5. The molecule has 1 aliphatic heterocycles. The van der Waals surface area contributed by atoms with Gasteiger partial charge in [0.1, 0.15) is 0 Å². The van der Waals surface area contributed by atoms with Crippen LogP contribution in [-0.2, 0) is 25.4 Å². The molecule has 0 N–H and O–H groups in total. The average molecular weight is 487 g/mol. The molecular weight excluding hydrogens is 460 g/mol. The third kappa shape index (κ3) is 3.98. The van der Waals surface area contributed by atoms with Gasteiger partial charge in [0.15, 0.2) is 15.5 Å². The normalized spacial score (nSPS) is 19.1. The Morgan fingerprint density at radius 2 is 1.82 bits per heavy atom. The lowest BCUT2D eigenvalue weighted by molar-refractivity contribution is -0.00586. The Balaban J connectivity index is 1.53. The lowest BCUT2D eigenvalue weighted by Crippen LogP contribution is -2.46. The standard InChI is InChI=1S/C22H26N6O3S2/c1-13-11-27(12-14(2)31-13)20-24-18-17(19(29)26(4)22(30)25(18)3)28(20)9-10-32-21-23-15-7-5-6-8-16(15)33-21/h5-8,13-14H,9-12H2,1-4H3/t13-,14-/m1/s1. The summed E-state index contributed by atoms with van der Waals surface area (Å²) in [7, 11) is 3.17. The molecule has 9 nitrogen and oxygen atoms in total. The van der Waals surface area contributed by atoms with Crippen LogP contribution in [0.2, 0.25) is 0 Å². The van der Waals surface area contributed by atoms with E-state index >= 15 is 0 Å². The maximum absolute atomic E-state index is 13.1. The summed E-state index contributed by atoms with van der Waals surface area (Å²) in [6.07, 6.45) is 0.0941. The number of para-hydroxylation sites is 1. The average Bonchev–Trinajstić information content (AvgIpc) is 3.37. The molecule has 3 aromatic heterocycles. The number of thioether (sulfide) groups is 1. The van der Waals surface area contributed by atoms with Gasteiger partial charge in [-0.1, -0.05) is 23.9 Å². The maximum Gasteiger partial charge on any atom is 0.332 e. The zero-order valence-electron chi connectivity index (χ0n) is 19.0. The summed E-state index contributed by atoms with van der Waals surface area (Å²) in [5, 5.41) is 0. The van der Waals surface area contributed by atoms with Gasteiger partial charge >= 0.3 is 5.69 Å². The van der Waals surface area contributed by atoms with Gasteiger partial charge in [-0.15, -0.1) is 11.3 Å². The predicted octanol–water partition coefficient (Wildman–Crippen LogP) is 2.45. The van der Waals surface area contributed by atoms with Crippen molar-refractivity contribution in [3.05, 3.63) is 45.1 Å². The van der Waals surface area contributed by atoms with Gasteiger partial charge in [-0.2, -0.15) is 4.98 Å². The molecule has 0 radical (unpaired) electrons. The van der Waals surface area contributed by atoms with Crippen molar-refractivity contribution in [1.82, 2.24) is 23.7 Å². The van der Waals surface area contributed by atoms with Gasteiger partial charge in [-0.3, -0.25) is 13.9 Å². The fourth-order valence-electron chi connectivity index (χ4n) is 4.37. The Hall–Kier alpha value is -2.63. The minimum Gasteiger partial charge on any atom is -0.372 e. The molecule has 4 aromatic rings. The van der Waals surface area contributed by atoms with Crippen molar-refractivity contribution in [1.29, 1.82) is 0 Å². The maximum atomic E-state index is 13.1. The minimum absolute atomic E-state index is 0.0470. The van der Waals surface area contributed by atoms with Crippen LogP contribution < -0.4 is 16.1 Å². The third-order valence-corrected chi connectivity index (χ3v) is 8.00. The molecule has 5 rings (SSSR count). The molecule has 0 bridgehead atoms. The van der Waals surface area contributed by atoms with E-state index in [4.69, 9.17) is 14.7 Å². The highest BCUT2D eigenvalue weighted by Crippen LogP contribution is 2.30. The summed E-state index contributed by atoms with van der Waals surface area (Å²) in [6, 6.07) is 8.10. The number of anilines is 1. The van der Waals surface area contributed by atoms with Crippen LogP contribution in [0.5, 0.6) is 0 Å². The van der Waals surface area contributed by atoms with Crippen LogP contribution in [0.3, 0.4) is 0 Å². The number of hydrogen-bond acceptors (Lipinski definition) is 8. The lowest BCUT2D eigenvalue weighted by atomic mass is 10.2. The predicted molar refractivity (Wildman–Crippen MR) is 133 cm³/mol. The lowest BCUT2D eigenvalue weighted by Gasteiger charge is -2.36. The zero-order valence-corrected chi connectivity index (χ0v) is 20.7. The van der Waals surface area contributed by atoms with E-state index in [9.17, 15) is 9.59 Å². The molecule has 1 saturated heterocycles. The molecule has 0 amide bonds. The molecule has 1 aromatic carbocycles. The van der Waals surface area contributed by atoms with Crippen molar-refractivity contribution in [3.63, 3.8) is 0 Å². The van der Waals surface area contributed by atoms with Crippen LogP contribution in [0, 0.1) is 0 Å². The fourth-order valence-corrected chi connectivity index (χ4v) is 6.43. The van der Waals surface area contributed by atoms with E-state index in [0.717, 1.165) is 24.9 Å². The van der Waals surface area contributed by atoms with Crippen molar-refractivity contribution in [2.45, 2.75) is 36.9 Å². The summed E-state index contributed by atoms with van der Waals surface area (Å²) < 4.78 is 12.6. The van der Waals surface area contributed by atoms with E-state index in [0.29, 0.717) is 36.7 Å². The third-order valence-electron chi connectivity index (χ3n) is 5.84. The number of thiazole rings is 1. The number of morpholine rings is 1. The number of fused-ring (bicyclic) bond motifs is 2. The molecule has 4 heterocycles. The molecule has 0 saturated carbocycles. The Bertz CT molecular complexity index is 1410. The number of aryl methyl sites for hydroxylation is 2. The van der Waals surface area contributed by atoms with Crippen LogP contribution in [0.25, 0.3) is 21.4 Å². The summed E-state index contributed by atoms with van der Waals surface area (Å²) in [6.45, 7) is 5.99. The number of nitrogens with zero attached hydrogens (tertiary/aromatic N) is 6. The Kier molecular flexibility index (Phi) is 5.79. The highest BCUT2D eigenvalue weighted by molar-refractivity contribution is 8.01. The van der Waals surface area contributed by atoms with Crippen LogP contribution in [0.4, 0.5) is 5.95 Å². The number of ether oxygens (including phenoxy) is 1. The number of imidazole rings is 1.